The van der Waals surface area contributed by atoms with Crippen LogP contribution in [0.2, 0.25) is 0 Å². The Morgan fingerprint density at radius 3 is 2.63 bits per heavy atom. The number of carbonyl (C=O) groups excluding carboxylic acids is 2. The lowest BCUT2D eigenvalue weighted by molar-refractivity contribution is -0.138. The Morgan fingerprint density at radius 2 is 2.05 bits per heavy atom. The van der Waals surface area contributed by atoms with Gasteiger partial charge in [0, 0.05) is 18.3 Å². The lowest BCUT2D eigenvalue weighted by Gasteiger charge is -2.20. The van der Waals surface area contributed by atoms with E-state index in [-0.39, 0.29) is 18.4 Å². The minimum absolute atomic E-state index is 0.123. The molecule has 1 fully saturated rings. The molecule has 2 amide bonds. The standard InChI is InChI=1S/C13H14N2O4/c1-8(16)9-4-3-5-10(6-9)15-11(12(17)18)7-14(2)13(15)19/h3-6,11H,7H2,1-2H3,(H,17,18). The third-order valence-electron chi connectivity index (χ3n) is 3.11. The summed E-state index contributed by atoms with van der Waals surface area (Å²) in [6, 6.07) is 5.12. The second-order valence-corrected chi connectivity index (χ2v) is 4.49. The summed E-state index contributed by atoms with van der Waals surface area (Å²) in [5.41, 5.74) is 0.874. The molecule has 1 aliphatic heterocycles. The maximum Gasteiger partial charge on any atom is 0.328 e. The molecule has 0 bridgehead atoms. The van der Waals surface area contributed by atoms with E-state index in [1.54, 1.807) is 25.2 Å². The summed E-state index contributed by atoms with van der Waals surface area (Å²) in [6.07, 6.45) is 0. The molecule has 0 aliphatic carbocycles. The maximum atomic E-state index is 12.0. The highest BCUT2D eigenvalue weighted by molar-refractivity contribution is 6.02. The van der Waals surface area contributed by atoms with Gasteiger partial charge >= 0.3 is 12.0 Å². The fourth-order valence-corrected chi connectivity index (χ4v) is 2.09. The Morgan fingerprint density at radius 1 is 1.37 bits per heavy atom. The van der Waals surface area contributed by atoms with Crippen LogP contribution in [-0.2, 0) is 4.79 Å². The van der Waals surface area contributed by atoms with Gasteiger partial charge in [0.2, 0.25) is 0 Å². The molecule has 2 rings (SSSR count). The van der Waals surface area contributed by atoms with E-state index < -0.39 is 12.0 Å². The summed E-state index contributed by atoms with van der Waals surface area (Å²) < 4.78 is 0. The topological polar surface area (TPSA) is 77.9 Å². The normalized spacial score (nSPS) is 18.8. The highest BCUT2D eigenvalue weighted by atomic mass is 16.4. The Labute approximate surface area is 110 Å². The minimum atomic E-state index is -1.06. The third-order valence-corrected chi connectivity index (χ3v) is 3.11. The van der Waals surface area contributed by atoms with E-state index in [9.17, 15) is 19.5 Å². The molecule has 0 aromatic heterocycles. The van der Waals surface area contributed by atoms with Gasteiger partial charge in [0.15, 0.2) is 11.8 Å². The monoisotopic (exact) mass is 262 g/mol. The van der Waals surface area contributed by atoms with E-state index in [0.717, 1.165) is 0 Å². The zero-order valence-electron chi connectivity index (χ0n) is 10.7. The first-order chi connectivity index (χ1) is 8.91. The fourth-order valence-electron chi connectivity index (χ4n) is 2.09. The Hall–Kier alpha value is -2.37. The molecule has 1 aliphatic rings. The van der Waals surface area contributed by atoms with E-state index in [1.165, 1.54) is 22.8 Å². The van der Waals surface area contributed by atoms with Crippen LogP contribution in [-0.4, -0.2) is 47.4 Å². The van der Waals surface area contributed by atoms with Crippen LogP contribution in [0.3, 0.4) is 0 Å². The van der Waals surface area contributed by atoms with Gasteiger partial charge in [0.25, 0.3) is 0 Å². The number of benzene rings is 1. The summed E-state index contributed by atoms with van der Waals surface area (Å²) in [7, 11) is 1.55. The van der Waals surface area contributed by atoms with Crippen molar-refractivity contribution in [3.05, 3.63) is 29.8 Å². The van der Waals surface area contributed by atoms with E-state index in [0.29, 0.717) is 11.3 Å². The second kappa shape index (κ2) is 4.72. The van der Waals surface area contributed by atoms with Crippen LogP contribution in [0.15, 0.2) is 24.3 Å². The summed E-state index contributed by atoms with van der Waals surface area (Å²) >= 11 is 0. The van der Waals surface area contributed by atoms with Crippen molar-refractivity contribution in [3.63, 3.8) is 0 Å². The number of carboxylic acid groups (broad SMARTS) is 1. The van der Waals surface area contributed by atoms with Crippen LogP contribution < -0.4 is 4.90 Å². The van der Waals surface area contributed by atoms with Gasteiger partial charge < -0.3 is 10.0 Å². The molecule has 1 heterocycles. The summed E-state index contributed by atoms with van der Waals surface area (Å²) in [5.74, 6) is -1.19. The first kappa shape index (κ1) is 13.1. The molecule has 0 saturated carbocycles. The lowest BCUT2D eigenvalue weighted by Crippen LogP contribution is -2.39. The molecule has 1 aromatic carbocycles. The number of Topliss-reactive ketones (excluding diaryl/α,β-unsaturated/α-hetero) is 1. The summed E-state index contributed by atoms with van der Waals surface area (Å²) in [6.45, 7) is 1.55. The molecule has 1 atom stereocenters. The zero-order chi connectivity index (χ0) is 14.2. The molecule has 6 heteroatoms. The van der Waals surface area contributed by atoms with Crippen LogP contribution in [0, 0.1) is 0 Å². The van der Waals surface area contributed by atoms with E-state index in [4.69, 9.17) is 0 Å². The van der Waals surface area contributed by atoms with Crippen LogP contribution in [0.25, 0.3) is 0 Å². The second-order valence-electron chi connectivity index (χ2n) is 4.49. The maximum absolute atomic E-state index is 12.0. The van der Waals surface area contributed by atoms with Gasteiger partial charge in [-0.3, -0.25) is 9.69 Å². The number of hydrogen-bond acceptors (Lipinski definition) is 3. The number of urea groups is 1. The van der Waals surface area contributed by atoms with Crippen LogP contribution >= 0.6 is 0 Å². The van der Waals surface area contributed by atoms with Gasteiger partial charge in [0.1, 0.15) is 0 Å². The number of nitrogens with zero attached hydrogens (tertiary/aromatic N) is 2. The van der Waals surface area contributed by atoms with Gasteiger partial charge in [-0.25, -0.2) is 9.59 Å². The zero-order valence-corrected chi connectivity index (χ0v) is 10.7. The van der Waals surface area contributed by atoms with E-state index in [2.05, 4.69) is 0 Å². The van der Waals surface area contributed by atoms with Crippen molar-refractivity contribution in [1.82, 2.24) is 4.90 Å². The Bertz CT molecular complexity index is 555. The lowest BCUT2D eigenvalue weighted by atomic mass is 10.1. The molecular formula is C13H14N2O4. The van der Waals surface area contributed by atoms with Crippen molar-refractivity contribution in [2.24, 2.45) is 0 Å². The molecule has 100 valence electrons. The van der Waals surface area contributed by atoms with Gasteiger partial charge in [0.05, 0.1) is 6.54 Å². The summed E-state index contributed by atoms with van der Waals surface area (Å²) in [4.78, 5) is 37.1. The van der Waals surface area contributed by atoms with Gasteiger partial charge in [-0.1, -0.05) is 12.1 Å². The van der Waals surface area contributed by atoms with Crippen LogP contribution in [0.4, 0.5) is 10.5 Å². The van der Waals surface area contributed by atoms with E-state index in [1.807, 2.05) is 0 Å². The number of carbonyl (C=O) groups is 3. The molecule has 1 N–H and O–H groups in total. The van der Waals surface area contributed by atoms with Crippen molar-refractivity contribution in [2.75, 3.05) is 18.5 Å². The molecule has 6 nitrogen and oxygen atoms in total. The number of aliphatic carboxylic acids is 1. The minimum Gasteiger partial charge on any atom is -0.480 e. The number of amides is 2. The highest BCUT2D eigenvalue weighted by Crippen LogP contribution is 2.25. The molecule has 1 unspecified atom stereocenters. The van der Waals surface area contributed by atoms with E-state index >= 15 is 0 Å². The van der Waals surface area contributed by atoms with Crippen molar-refractivity contribution >= 4 is 23.5 Å². The molecule has 0 spiro atoms. The van der Waals surface area contributed by atoms with Crippen LogP contribution in [0.5, 0.6) is 0 Å². The Kier molecular flexibility index (Phi) is 3.25. The predicted molar refractivity (Wildman–Crippen MR) is 68.4 cm³/mol. The molecular weight excluding hydrogens is 248 g/mol. The van der Waals surface area contributed by atoms with Crippen LogP contribution in [0.1, 0.15) is 17.3 Å². The first-order valence-corrected chi connectivity index (χ1v) is 5.80. The molecule has 19 heavy (non-hydrogen) atoms. The number of ketones is 1. The predicted octanol–water partition coefficient (Wildman–Crippen LogP) is 1.21. The smallest absolute Gasteiger partial charge is 0.328 e. The SMILES string of the molecule is CC(=O)c1cccc(N2C(=O)N(C)CC2C(=O)O)c1. The fraction of sp³-hybridized carbons (Fsp3) is 0.308. The molecule has 0 radical (unpaired) electrons. The number of hydrogen-bond donors (Lipinski definition) is 1. The molecule has 1 aromatic rings. The number of anilines is 1. The average molecular weight is 262 g/mol. The third kappa shape index (κ3) is 2.29. The number of rotatable bonds is 3. The number of carboxylic acids is 1. The molecule has 1 saturated heterocycles. The van der Waals surface area contributed by atoms with Crippen molar-refractivity contribution < 1.29 is 19.5 Å². The quantitative estimate of drug-likeness (QED) is 0.831. The highest BCUT2D eigenvalue weighted by Gasteiger charge is 2.40. The number of likely N-dealkylation sites (N-methyl/N-ethyl adjacent to an activating group) is 1. The average Bonchev–Trinajstić information content (AvgIpc) is 2.66. The van der Waals surface area contributed by atoms with Crippen molar-refractivity contribution in [2.45, 2.75) is 13.0 Å². The van der Waals surface area contributed by atoms with Gasteiger partial charge in [-0.2, -0.15) is 0 Å². The van der Waals surface area contributed by atoms with Gasteiger partial charge in [-0.15, -0.1) is 0 Å². The Balaban J connectivity index is 2.43. The largest absolute Gasteiger partial charge is 0.480 e. The van der Waals surface area contributed by atoms with Gasteiger partial charge in [-0.05, 0) is 19.1 Å². The van der Waals surface area contributed by atoms with Crippen molar-refractivity contribution in [1.29, 1.82) is 0 Å². The van der Waals surface area contributed by atoms with Crippen molar-refractivity contribution in [3.8, 4) is 0 Å². The first-order valence-electron chi connectivity index (χ1n) is 5.80. The summed E-state index contributed by atoms with van der Waals surface area (Å²) in [5, 5.41) is 9.17.